The lowest BCUT2D eigenvalue weighted by Gasteiger charge is -2.26. The van der Waals surface area contributed by atoms with Crippen molar-refractivity contribution < 1.29 is 9.90 Å². The SMILES string of the molecule is CCC(C)C1(O)C(=O)N(c2cc(Cl)cc(Cl)c2)N=C1Cl. The van der Waals surface area contributed by atoms with Gasteiger partial charge < -0.3 is 5.11 Å². The predicted molar refractivity (Wildman–Crippen MR) is 81.6 cm³/mol. The molecular weight excluding hydrogens is 323 g/mol. The standard InChI is InChI=1S/C13H13Cl3N2O2/c1-3-7(2)13(20)11(16)17-18(12(13)19)10-5-8(14)4-9(15)6-10/h4-7,20H,3H2,1-2H3. The Morgan fingerprint density at radius 2 is 1.85 bits per heavy atom. The molecule has 1 aliphatic heterocycles. The largest absolute Gasteiger partial charge is 0.373 e. The van der Waals surface area contributed by atoms with Crippen LogP contribution in [0.4, 0.5) is 5.69 Å². The van der Waals surface area contributed by atoms with Crippen molar-refractivity contribution in [3.63, 3.8) is 0 Å². The predicted octanol–water partition coefficient (Wildman–Crippen LogP) is 3.67. The van der Waals surface area contributed by atoms with Crippen LogP contribution in [0.1, 0.15) is 20.3 Å². The summed E-state index contributed by atoms with van der Waals surface area (Å²) in [5.74, 6) is -0.957. The summed E-state index contributed by atoms with van der Waals surface area (Å²) in [7, 11) is 0. The van der Waals surface area contributed by atoms with Crippen molar-refractivity contribution >= 4 is 51.6 Å². The van der Waals surface area contributed by atoms with Gasteiger partial charge in [-0.05, 0) is 24.6 Å². The maximum atomic E-state index is 12.5. The van der Waals surface area contributed by atoms with Crippen LogP contribution in [0.25, 0.3) is 0 Å². The van der Waals surface area contributed by atoms with Gasteiger partial charge in [0.1, 0.15) is 0 Å². The van der Waals surface area contributed by atoms with E-state index in [1.165, 1.54) is 12.1 Å². The number of hydrogen-bond donors (Lipinski definition) is 1. The van der Waals surface area contributed by atoms with Gasteiger partial charge >= 0.3 is 0 Å². The number of anilines is 1. The monoisotopic (exact) mass is 334 g/mol. The van der Waals surface area contributed by atoms with Crippen LogP contribution in [0.15, 0.2) is 23.3 Å². The molecule has 20 heavy (non-hydrogen) atoms. The molecule has 0 radical (unpaired) electrons. The number of benzene rings is 1. The molecule has 1 amide bonds. The van der Waals surface area contributed by atoms with Gasteiger partial charge in [0.2, 0.25) is 5.60 Å². The van der Waals surface area contributed by atoms with Crippen molar-refractivity contribution in [2.24, 2.45) is 11.0 Å². The number of halogens is 3. The quantitative estimate of drug-likeness (QED) is 0.916. The number of aliphatic hydroxyl groups is 1. The lowest BCUT2D eigenvalue weighted by atomic mass is 9.87. The van der Waals surface area contributed by atoms with Crippen LogP contribution in [-0.2, 0) is 4.79 Å². The van der Waals surface area contributed by atoms with Gasteiger partial charge in [-0.25, -0.2) is 0 Å². The first-order valence-corrected chi connectivity index (χ1v) is 7.21. The van der Waals surface area contributed by atoms with E-state index in [0.717, 1.165) is 5.01 Å². The average Bonchev–Trinajstić information content (AvgIpc) is 2.62. The Labute approximate surface area is 131 Å². The number of hydrazone groups is 1. The second-order valence-corrected chi connectivity index (χ2v) is 5.94. The summed E-state index contributed by atoms with van der Waals surface area (Å²) in [5, 5.41) is 16.1. The molecule has 108 valence electrons. The molecule has 4 nitrogen and oxygen atoms in total. The summed E-state index contributed by atoms with van der Waals surface area (Å²) in [6, 6.07) is 4.60. The molecule has 0 saturated heterocycles. The summed E-state index contributed by atoms with van der Waals surface area (Å²) in [6.07, 6.45) is 0.581. The number of rotatable bonds is 3. The van der Waals surface area contributed by atoms with Crippen LogP contribution in [0.5, 0.6) is 0 Å². The van der Waals surface area contributed by atoms with Gasteiger partial charge in [0.15, 0.2) is 5.17 Å². The maximum absolute atomic E-state index is 12.5. The number of carbonyl (C=O) groups excluding carboxylic acids is 1. The number of carbonyl (C=O) groups is 1. The van der Waals surface area contributed by atoms with E-state index in [9.17, 15) is 9.90 Å². The first kappa shape index (κ1) is 15.6. The molecule has 0 aromatic heterocycles. The smallest absolute Gasteiger partial charge is 0.286 e. The number of amides is 1. The average molecular weight is 336 g/mol. The summed E-state index contributed by atoms with van der Waals surface area (Å²) in [6.45, 7) is 3.60. The normalized spacial score (nSPS) is 24.0. The van der Waals surface area contributed by atoms with Gasteiger partial charge in [-0.15, -0.1) is 0 Å². The van der Waals surface area contributed by atoms with Gasteiger partial charge in [0.25, 0.3) is 5.91 Å². The van der Waals surface area contributed by atoms with Crippen LogP contribution in [0.3, 0.4) is 0 Å². The molecule has 1 N–H and O–H groups in total. The molecule has 1 aromatic rings. The molecule has 7 heteroatoms. The second-order valence-electron chi connectivity index (χ2n) is 4.71. The lowest BCUT2D eigenvalue weighted by molar-refractivity contribution is -0.132. The Hall–Kier alpha value is -0.810. The fourth-order valence-corrected chi connectivity index (χ4v) is 2.86. The van der Waals surface area contributed by atoms with Crippen LogP contribution < -0.4 is 5.01 Å². The van der Waals surface area contributed by atoms with Crippen LogP contribution in [0.2, 0.25) is 10.0 Å². The molecule has 0 bridgehead atoms. The zero-order chi connectivity index (χ0) is 15.1. The molecule has 2 atom stereocenters. The summed E-state index contributed by atoms with van der Waals surface area (Å²) < 4.78 is 0. The van der Waals surface area contributed by atoms with E-state index in [1.54, 1.807) is 13.0 Å². The minimum atomic E-state index is -1.80. The Balaban J connectivity index is 2.45. The van der Waals surface area contributed by atoms with E-state index < -0.39 is 11.5 Å². The summed E-state index contributed by atoms with van der Waals surface area (Å²) in [5.41, 5.74) is -1.43. The molecule has 1 aromatic carbocycles. The zero-order valence-corrected chi connectivity index (χ0v) is 13.2. The molecular formula is C13H13Cl3N2O2. The highest BCUT2D eigenvalue weighted by molar-refractivity contribution is 6.70. The van der Waals surface area contributed by atoms with Gasteiger partial charge in [0, 0.05) is 16.0 Å². The highest BCUT2D eigenvalue weighted by Gasteiger charge is 2.53. The molecule has 2 unspecified atom stereocenters. The van der Waals surface area contributed by atoms with E-state index in [4.69, 9.17) is 34.8 Å². The van der Waals surface area contributed by atoms with E-state index in [2.05, 4.69) is 5.10 Å². The fraction of sp³-hybridized carbons (Fsp3) is 0.385. The van der Waals surface area contributed by atoms with E-state index in [1.807, 2.05) is 6.92 Å². The van der Waals surface area contributed by atoms with Crippen LogP contribution >= 0.6 is 34.8 Å². The van der Waals surface area contributed by atoms with Gasteiger partial charge in [-0.2, -0.15) is 10.1 Å². The van der Waals surface area contributed by atoms with Gasteiger partial charge in [-0.1, -0.05) is 48.7 Å². The third kappa shape index (κ3) is 2.42. The highest BCUT2D eigenvalue weighted by Crippen LogP contribution is 2.36. The van der Waals surface area contributed by atoms with E-state index >= 15 is 0 Å². The van der Waals surface area contributed by atoms with Crippen LogP contribution in [0, 0.1) is 5.92 Å². The van der Waals surface area contributed by atoms with Crippen molar-refractivity contribution in [3.8, 4) is 0 Å². The lowest BCUT2D eigenvalue weighted by Crippen LogP contribution is -2.50. The zero-order valence-electron chi connectivity index (χ0n) is 10.9. The third-order valence-corrected chi connectivity index (χ3v) is 4.24. The molecule has 0 aliphatic carbocycles. The minimum absolute atomic E-state index is 0.145. The molecule has 0 spiro atoms. The maximum Gasteiger partial charge on any atom is 0.286 e. The molecule has 1 aliphatic rings. The molecule has 0 saturated carbocycles. The van der Waals surface area contributed by atoms with Crippen LogP contribution in [-0.4, -0.2) is 21.8 Å². The summed E-state index contributed by atoms with van der Waals surface area (Å²) in [4.78, 5) is 12.5. The summed E-state index contributed by atoms with van der Waals surface area (Å²) >= 11 is 17.8. The minimum Gasteiger partial charge on any atom is -0.373 e. The van der Waals surface area contributed by atoms with Crippen molar-refractivity contribution in [2.75, 3.05) is 5.01 Å². The first-order chi connectivity index (χ1) is 9.30. The van der Waals surface area contributed by atoms with E-state index in [-0.39, 0.29) is 11.1 Å². The van der Waals surface area contributed by atoms with Gasteiger partial charge in [-0.3, -0.25) is 4.79 Å². The number of nitrogens with zero attached hydrogens (tertiary/aromatic N) is 2. The fourth-order valence-electron chi connectivity index (χ4n) is 2.01. The Bertz CT molecular complexity index is 571. The van der Waals surface area contributed by atoms with E-state index in [0.29, 0.717) is 22.2 Å². The Morgan fingerprint density at radius 3 is 2.35 bits per heavy atom. The van der Waals surface area contributed by atoms with Crippen molar-refractivity contribution in [3.05, 3.63) is 28.2 Å². The Kier molecular flexibility index (Phi) is 4.30. The Morgan fingerprint density at radius 1 is 1.30 bits per heavy atom. The van der Waals surface area contributed by atoms with Crippen molar-refractivity contribution in [1.29, 1.82) is 0 Å². The van der Waals surface area contributed by atoms with Gasteiger partial charge in [0.05, 0.1) is 5.69 Å². The van der Waals surface area contributed by atoms with Crippen molar-refractivity contribution in [1.82, 2.24) is 0 Å². The highest BCUT2D eigenvalue weighted by atomic mass is 35.5. The second kappa shape index (κ2) is 5.53. The molecule has 1 heterocycles. The third-order valence-electron chi connectivity index (χ3n) is 3.44. The first-order valence-electron chi connectivity index (χ1n) is 6.08. The molecule has 2 rings (SSSR count). The number of hydrogen-bond acceptors (Lipinski definition) is 3. The topological polar surface area (TPSA) is 52.9 Å². The molecule has 0 fully saturated rings. The van der Waals surface area contributed by atoms with Crippen molar-refractivity contribution in [2.45, 2.75) is 25.9 Å².